The molecular formula is C19H29N3O3. The lowest BCUT2D eigenvalue weighted by atomic mass is 9.65. The number of H-pyrrole nitrogens is 1. The highest BCUT2D eigenvalue weighted by Gasteiger charge is 2.58. The van der Waals surface area contributed by atoms with E-state index in [1.807, 2.05) is 0 Å². The molecule has 1 aliphatic heterocycles. The van der Waals surface area contributed by atoms with Crippen LogP contribution in [0.3, 0.4) is 0 Å². The van der Waals surface area contributed by atoms with Gasteiger partial charge in [-0.25, -0.2) is 0 Å². The molecule has 3 rings (SSSR count). The van der Waals surface area contributed by atoms with Crippen molar-refractivity contribution in [1.29, 1.82) is 0 Å². The number of nitrogens with one attached hydrogen (secondary N) is 2. The maximum Gasteiger partial charge on any atom is 0.247 e. The SMILES string of the molecule is CCN1CC2(C[C@@H](O)[C@H](NC(=O)Cc3ccc(=O)[nH]c3)C2)C1C(C)C. The van der Waals surface area contributed by atoms with Crippen LogP contribution < -0.4 is 10.9 Å². The third-order valence-electron chi connectivity index (χ3n) is 5.84. The number of rotatable bonds is 5. The molecule has 6 heteroatoms. The first kappa shape index (κ1) is 18.1. The fraction of sp³-hybridized carbons (Fsp3) is 0.684. The van der Waals surface area contributed by atoms with Crippen molar-refractivity contribution in [2.24, 2.45) is 11.3 Å². The largest absolute Gasteiger partial charge is 0.391 e. The molecule has 3 N–H and O–H groups in total. The van der Waals surface area contributed by atoms with E-state index in [1.54, 1.807) is 12.3 Å². The molecule has 1 amide bonds. The molecule has 2 fully saturated rings. The van der Waals surface area contributed by atoms with Crippen molar-refractivity contribution in [2.75, 3.05) is 13.1 Å². The first-order valence-corrected chi connectivity index (χ1v) is 9.24. The molecule has 1 saturated heterocycles. The van der Waals surface area contributed by atoms with Crippen LogP contribution in [0.4, 0.5) is 0 Å². The molecular weight excluding hydrogens is 318 g/mol. The van der Waals surface area contributed by atoms with E-state index in [9.17, 15) is 14.7 Å². The molecule has 1 aliphatic carbocycles. The van der Waals surface area contributed by atoms with Crippen LogP contribution in [0.15, 0.2) is 23.1 Å². The number of carbonyl (C=O) groups is 1. The van der Waals surface area contributed by atoms with Crippen LogP contribution in [-0.4, -0.2) is 52.2 Å². The summed E-state index contributed by atoms with van der Waals surface area (Å²) in [6, 6.07) is 3.37. The van der Waals surface area contributed by atoms with Crippen LogP contribution in [0.2, 0.25) is 0 Å². The number of aliphatic hydroxyl groups excluding tert-OH is 1. The summed E-state index contributed by atoms with van der Waals surface area (Å²) in [5.41, 5.74) is 0.710. The quantitative estimate of drug-likeness (QED) is 0.739. The van der Waals surface area contributed by atoms with E-state index in [-0.39, 0.29) is 29.3 Å². The van der Waals surface area contributed by atoms with Crippen molar-refractivity contribution in [3.63, 3.8) is 0 Å². The maximum atomic E-state index is 12.3. The Bertz CT molecular complexity index is 666. The highest BCUT2D eigenvalue weighted by atomic mass is 16.3. The minimum Gasteiger partial charge on any atom is -0.391 e. The molecule has 0 radical (unpaired) electrons. The predicted molar refractivity (Wildman–Crippen MR) is 96.2 cm³/mol. The van der Waals surface area contributed by atoms with Crippen molar-refractivity contribution in [3.8, 4) is 0 Å². The Morgan fingerprint density at radius 3 is 2.80 bits per heavy atom. The zero-order valence-corrected chi connectivity index (χ0v) is 15.3. The smallest absolute Gasteiger partial charge is 0.247 e. The average molecular weight is 347 g/mol. The van der Waals surface area contributed by atoms with Crippen molar-refractivity contribution in [2.45, 2.75) is 58.2 Å². The number of hydrogen-bond donors (Lipinski definition) is 3. The highest BCUT2D eigenvalue weighted by molar-refractivity contribution is 5.78. The number of hydrogen-bond acceptors (Lipinski definition) is 4. The van der Waals surface area contributed by atoms with Gasteiger partial charge in [-0.2, -0.15) is 0 Å². The number of likely N-dealkylation sites (tertiary alicyclic amines) is 1. The van der Waals surface area contributed by atoms with Gasteiger partial charge in [-0.05, 0) is 30.9 Å². The van der Waals surface area contributed by atoms with Gasteiger partial charge in [0.15, 0.2) is 0 Å². The van der Waals surface area contributed by atoms with Crippen LogP contribution in [-0.2, 0) is 11.2 Å². The van der Waals surface area contributed by atoms with Gasteiger partial charge in [0.2, 0.25) is 11.5 Å². The second-order valence-corrected chi connectivity index (χ2v) is 8.00. The number of pyridine rings is 1. The zero-order valence-electron chi connectivity index (χ0n) is 15.3. The van der Waals surface area contributed by atoms with Crippen molar-refractivity contribution >= 4 is 5.91 Å². The Kier molecular flexibility index (Phi) is 5.02. The molecule has 1 saturated carbocycles. The Morgan fingerprint density at radius 2 is 2.20 bits per heavy atom. The summed E-state index contributed by atoms with van der Waals surface area (Å²) in [7, 11) is 0. The van der Waals surface area contributed by atoms with Gasteiger partial charge in [-0.15, -0.1) is 0 Å². The summed E-state index contributed by atoms with van der Waals surface area (Å²) in [5, 5.41) is 13.5. The summed E-state index contributed by atoms with van der Waals surface area (Å²) < 4.78 is 0. The highest BCUT2D eigenvalue weighted by Crippen LogP contribution is 2.52. The Labute approximate surface area is 148 Å². The summed E-state index contributed by atoms with van der Waals surface area (Å²) >= 11 is 0. The molecule has 0 aromatic carbocycles. The molecule has 1 aromatic heterocycles. The van der Waals surface area contributed by atoms with Crippen LogP contribution in [0.1, 0.15) is 39.2 Å². The molecule has 1 spiro atoms. The third-order valence-corrected chi connectivity index (χ3v) is 5.84. The van der Waals surface area contributed by atoms with Crippen LogP contribution in [0.5, 0.6) is 0 Å². The molecule has 138 valence electrons. The summed E-state index contributed by atoms with van der Waals surface area (Å²) in [6.45, 7) is 8.70. The lowest BCUT2D eigenvalue weighted by molar-refractivity contribution is -0.122. The van der Waals surface area contributed by atoms with E-state index in [0.717, 1.165) is 31.5 Å². The Hall–Kier alpha value is -1.66. The number of nitrogens with zero attached hydrogens (tertiary/aromatic N) is 1. The number of aliphatic hydroxyl groups is 1. The van der Waals surface area contributed by atoms with Crippen molar-refractivity contribution < 1.29 is 9.90 Å². The lowest BCUT2D eigenvalue weighted by Gasteiger charge is -2.58. The van der Waals surface area contributed by atoms with Gasteiger partial charge >= 0.3 is 0 Å². The standard InChI is InChI=1S/C19H29N3O3/c1-4-22-11-19(18(22)12(2)3)8-14(15(23)9-19)21-17(25)7-13-5-6-16(24)20-10-13/h5-6,10,12,14-15,18,23H,4,7-9,11H2,1-3H3,(H,20,24)(H,21,25)/t14-,15-,18?,19?/m1/s1. The zero-order chi connectivity index (χ0) is 18.2. The molecule has 1 aromatic rings. The first-order chi connectivity index (χ1) is 11.8. The average Bonchev–Trinajstić information content (AvgIpc) is 2.85. The first-order valence-electron chi connectivity index (χ1n) is 9.24. The van der Waals surface area contributed by atoms with E-state index in [2.05, 4.69) is 36.0 Å². The van der Waals surface area contributed by atoms with Gasteiger partial charge in [0.05, 0.1) is 18.6 Å². The fourth-order valence-electron chi connectivity index (χ4n) is 5.04. The van der Waals surface area contributed by atoms with Gasteiger partial charge in [0.25, 0.3) is 0 Å². The van der Waals surface area contributed by atoms with Gasteiger partial charge in [-0.3, -0.25) is 14.5 Å². The Morgan fingerprint density at radius 1 is 1.44 bits per heavy atom. The number of aromatic nitrogens is 1. The fourth-order valence-corrected chi connectivity index (χ4v) is 5.04. The number of amides is 1. The summed E-state index contributed by atoms with van der Waals surface area (Å²) in [6.07, 6.45) is 2.89. The second kappa shape index (κ2) is 6.92. The molecule has 2 unspecified atom stereocenters. The molecule has 6 nitrogen and oxygen atoms in total. The van der Waals surface area contributed by atoms with Gasteiger partial charge < -0.3 is 15.4 Å². The monoisotopic (exact) mass is 347 g/mol. The van der Waals surface area contributed by atoms with Crippen LogP contribution >= 0.6 is 0 Å². The molecule has 4 atom stereocenters. The van der Waals surface area contributed by atoms with Gasteiger partial charge in [0.1, 0.15) is 0 Å². The van der Waals surface area contributed by atoms with E-state index in [4.69, 9.17) is 0 Å². The topological polar surface area (TPSA) is 85.4 Å². The molecule has 25 heavy (non-hydrogen) atoms. The molecule has 2 heterocycles. The number of carbonyl (C=O) groups excluding carboxylic acids is 1. The minimum atomic E-state index is -0.486. The number of aromatic amines is 1. The minimum absolute atomic E-state index is 0.110. The summed E-state index contributed by atoms with van der Waals surface area (Å²) in [5.74, 6) is 0.428. The van der Waals surface area contributed by atoms with Gasteiger partial charge in [-0.1, -0.05) is 26.8 Å². The molecule has 0 bridgehead atoms. The van der Waals surface area contributed by atoms with Crippen molar-refractivity contribution in [1.82, 2.24) is 15.2 Å². The van der Waals surface area contributed by atoms with Crippen molar-refractivity contribution in [3.05, 3.63) is 34.2 Å². The third kappa shape index (κ3) is 3.51. The second-order valence-electron chi connectivity index (χ2n) is 8.00. The van der Waals surface area contributed by atoms with Gasteiger partial charge in [0, 0.05) is 30.3 Å². The van der Waals surface area contributed by atoms with E-state index >= 15 is 0 Å². The maximum absolute atomic E-state index is 12.3. The predicted octanol–water partition coefficient (Wildman–Crippen LogP) is 0.903. The Balaban J connectivity index is 1.61. The molecule has 2 aliphatic rings. The normalized spacial score (nSPS) is 32.1. The van der Waals surface area contributed by atoms with Crippen LogP contribution in [0.25, 0.3) is 0 Å². The van der Waals surface area contributed by atoms with E-state index in [1.165, 1.54) is 6.07 Å². The van der Waals surface area contributed by atoms with E-state index < -0.39 is 6.10 Å². The lowest BCUT2D eigenvalue weighted by Crippen LogP contribution is -2.65. The van der Waals surface area contributed by atoms with E-state index in [0.29, 0.717) is 12.0 Å². The van der Waals surface area contributed by atoms with Crippen LogP contribution in [0, 0.1) is 11.3 Å². The summed E-state index contributed by atoms with van der Waals surface area (Å²) in [4.78, 5) is 28.5.